The Morgan fingerprint density at radius 1 is 1.23 bits per heavy atom. The topological polar surface area (TPSA) is 77.5 Å². The Balaban J connectivity index is 1.95. The van der Waals surface area contributed by atoms with Gasteiger partial charge in [-0.2, -0.15) is 0 Å². The monoisotopic (exact) mass is 374 g/mol. The maximum atomic E-state index is 12.0. The van der Waals surface area contributed by atoms with Gasteiger partial charge in [0.15, 0.2) is 5.13 Å². The maximum Gasteiger partial charge on any atom is 0.350 e. The molecule has 0 saturated heterocycles. The van der Waals surface area contributed by atoms with Gasteiger partial charge in [0, 0.05) is 6.08 Å². The molecule has 1 aromatic heterocycles. The molecule has 1 aromatic carbocycles. The molecule has 0 aliphatic rings. The summed E-state index contributed by atoms with van der Waals surface area (Å²) < 4.78 is 10.5. The van der Waals surface area contributed by atoms with E-state index in [4.69, 9.17) is 9.47 Å². The van der Waals surface area contributed by atoms with Crippen LogP contribution >= 0.6 is 11.3 Å². The molecule has 0 aliphatic heterocycles. The number of esters is 1. The number of hydrogen-bond donors (Lipinski definition) is 1. The van der Waals surface area contributed by atoms with Crippen LogP contribution in [-0.4, -0.2) is 30.1 Å². The lowest BCUT2D eigenvalue weighted by molar-refractivity contribution is -0.111. The fourth-order valence-electron chi connectivity index (χ4n) is 2.05. The number of benzene rings is 1. The van der Waals surface area contributed by atoms with Crippen LogP contribution in [-0.2, 0) is 9.53 Å². The highest BCUT2D eigenvalue weighted by atomic mass is 32.1. The van der Waals surface area contributed by atoms with Gasteiger partial charge < -0.3 is 9.47 Å². The number of aryl methyl sites for hydroxylation is 1. The van der Waals surface area contributed by atoms with Gasteiger partial charge in [-0.1, -0.05) is 30.4 Å². The van der Waals surface area contributed by atoms with Crippen molar-refractivity contribution in [3.8, 4) is 5.75 Å². The molecule has 2 rings (SSSR count). The zero-order chi connectivity index (χ0) is 18.9. The molecule has 26 heavy (non-hydrogen) atoms. The number of aromatic nitrogens is 1. The summed E-state index contributed by atoms with van der Waals surface area (Å²) in [7, 11) is 0. The molecule has 1 heterocycles. The van der Waals surface area contributed by atoms with E-state index in [0.717, 1.165) is 29.1 Å². The highest BCUT2D eigenvalue weighted by Crippen LogP contribution is 2.23. The Hall–Kier alpha value is -2.67. The van der Waals surface area contributed by atoms with E-state index in [-0.39, 0.29) is 5.91 Å². The highest BCUT2D eigenvalue weighted by Gasteiger charge is 2.16. The average molecular weight is 374 g/mol. The fraction of sp³-hybridized carbons (Fsp3) is 0.316. The molecule has 0 spiro atoms. The second-order valence-electron chi connectivity index (χ2n) is 5.39. The first-order chi connectivity index (χ1) is 12.5. The van der Waals surface area contributed by atoms with Gasteiger partial charge in [0.05, 0.1) is 18.9 Å². The number of amides is 1. The minimum absolute atomic E-state index is 0.295. The van der Waals surface area contributed by atoms with Crippen molar-refractivity contribution >= 4 is 34.4 Å². The smallest absolute Gasteiger partial charge is 0.350 e. The van der Waals surface area contributed by atoms with Gasteiger partial charge in [0.2, 0.25) is 5.91 Å². The molecule has 0 saturated carbocycles. The fourth-order valence-corrected chi connectivity index (χ4v) is 2.91. The van der Waals surface area contributed by atoms with Crippen molar-refractivity contribution in [2.75, 3.05) is 18.5 Å². The molecule has 0 bridgehead atoms. The van der Waals surface area contributed by atoms with Crippen LogP contribution in [0.1, 0.15) is 41.2 Å². The van der Waals surface area contributed by atoms with Gasteiger partial charge >= 0.3 is 5.97 Å². The first kappa shape index (κ1) is 19.7. The predicted octanol–water partition coefficient (Wildman–Crippen LogP) is 4.07. The van der Waals surface area contributed by atoms with Crippen LogP contribution < -0.4 is 10.1 Å². The van der Waals surface area contributed by atoms with Crippen molar-refractivity contribution in [2.45, 2.75) is 27.2 Å². The van der Waals surface area contributed by atoms with Crippen LogP contribution in [0.15, 0.2) is 30.3 Å². The van der Waals surface area contributed by atoms with Crippen LogP contribution in [0, 0.1) is 6.92 Å². The van der Waals surface area contributed by atoms with Gasteiger partial charge in [0.1, 0.15) is 10.6 Å². The SMILES string of the molecule is CCCOc1ccc(C=CC(=O)Nc2nc(C)c(C(=O)OCC)s2)cc1. The lowest BCUT2D eigenvalue weighted by Gasteiger charge is -2.03. The Morgan fingerprint density at radius 3 is 2.62 bits per heavy atom. The van der Waals surface area contributed by atoms with Crippen molar-refractivity contribution < 1.29 is 19.1 Å². The summed E-state index contributed by atoms with van der Waals surface area (Å²) in [6.45, 7) is 6.47. The highest BCUT2D eigenvalue weighted by molar-refractivity contribution is 7.17. The molecule has 1 N–H and O–H groups in total. The zero-order valence-electron chi connectivity index (χ0n) is 15.1. The number of anilines is 1. The summed E-state index contributed by atoms with van der Waals surface area (Å²) in [6, 6.07) is 7.48. The normalized spacial score (nSPS) is 10.7. The summed E-state index contributed by atoms with van der Waals surface area (Å²) in [4.78, 5) is 28.4. The molecule has 6 nitrogen and oxygen atoms in total. The van der Waals surface area contributed by atoms with Gasteiger partial charge in [-0.05, 0) is 44.0 Å². The molecule has 0 radical (unpaired) electrons. The van der Waals surface area contributed by atoms with Gasteiger partial charge in [0.25, 0.3) is 0 Å². The molecule has 0 aliphatic carbocycles. The van der Waals surface area contributed by atoms with E-state index in [0.29, 0.717) is 28.9 Å². The number of rotatable bonds is 8. The Labute approximate surface area is 156 Å². The molecule has 7 heteroatoms. The van der Waals surface area contributed by atoms with Crippen LogP contribution in [0.4, 0.5) is 5.13 Å². The molecule has 0 fully saturated rings. The van der Waals surface area contributed by atoms with Crippen molar-refractivity contribution in [1.29, 1.82) is 0 Å². The number of carbonyl (C=O) groups excluding carboxylic acids is 2. The van der Waals surface area contributed by atoms with Crippen molar-refractivity contribution in [2.24, 2.45) is 0 Å². The number of nitrogens with zero attached hydrogens (tertiary/aromatic N) is 1. The predicted molar refractivity (Wildman–Crippen MR) is 103 cm³/mol. The molecule has 138 valence electrons. The van der Waals surface area contributed by atoms with Gasteiger partial charge in [-0.3, -0.25) is 10.1 Å². The van der Waals surface area contributed by atoms with E-state index >= 15 is 0 Å². The third-order valence-electron chi connectivity index (χ3n) is 3.27. The largest absolute Gasteiger partial charge is 0.494 e. The Bertz CT molecular complexity index is 781. The van der Waals surface area contributed by atoms with Crippen LogP contribution in [0.2, 0.25) is 0 Å². The van der Waals surface area contributed by atoms with E-state index in [2.05, 4.69) is 17.2 Å². The number of hydrogen-bond acceptors (Lipinski definition) is 6. The average Bonchev–Trinajstić information content (AvgIpc) is 2.99. The van der Waals surface area contributed by atoms with Gasteiger partial charge in [-0.15, -0.1) is 0 Å². The van der Waals surface area contributed by atoms with Gasteiger partial charge in [-0.25, -0.2) is 9.78 Å². The maximum absolute atomic E-state index is 12.0. The Morgan fingerprint density at radius 2 is 1.96 bits per heavy atom. The summed E-state index contributed by atoms with van der Waals surface area (Å²) in [5.74, 6) is 0.0580. The van der Waals surface area contributed by atoms with E-state index in [1.54, 1.807) is 19.9 Å². The quantitative estimate of drug-likeness (QED) is 0.557. The van der Waals surface area contributed by atoms with E-state index in [9.17, 15) is 9.59 Å². The second-order valence-corrected chi connectivity index (χ2v) is 6.39. The summed E-state index contributed by atoms with van der Waals surface area (Å²) in [5, 5.41) is 3.02. The third kappa shape index (κ3) is 5.70. The third-order valence-corrected chi connectivity index (χ3v) is 4.32. The van der Waals surface area contributed by atoms with Crippen LogP contribution in [0.5, 0.6) is 5.75 Å². The van der Waals surface area contributed by atoms with E-state index < -0.39 is 5.97 Å². The minimum Gasteiger partial charge on any atom is -0.494 e. The van der Waals surface area contributed by atoms with Crippen molar-refractivity contribution in [1.82, 2.24) is 4.98 Å². The summed E-state index contributed by atoms with van der Waals surface area (Å²) >= 11 is 1.10. The Kier molecular flexibility index (Phi) is 7.35. The molecule has 1 amide bonds. The molecular weight excluding hydrogens is 352 g/mol. The van der Waals surface area contributed by atoms with E-state index in [1.807, 2.05) is 24.3 Å². The van der Waals surface area contributed by atoms with Crippen LogP contribution in [0.25, 0.3) is 6.08 Å². The lowest BCUT2D eigenvalue weighted by atomic mass is 10.2. The molecule has 0 atom stereocenters. The lowest BCUT2D eigenvalue weighted by Crippen LogP contribution is -2.07. The summed E-state index contributed by atoms with van der Waals surface area (Å²) in [6.07, 6.45) is 4.07. The summed E-state index contributed by atoms with van der Waals surface area (Å²) in [5.41, 5.74) is 1.42. The standard InChI is InChI=1S/C19H22N2O4S/c1-4-12-25-15-9-6-14(7-10-15)8-11-16(22)21-19-20-13(3)17(26-19)18(23)24-5-2/h6-11H,4-5,12H2,1-3H3,(H,20,21,22). The van der Waals surface area contributed by atoms with E-state index in [1.165, 1.54) is 6.08 Å². The molecular formula is C19H22N2O4S. The number of carbonyl (C=O) groups is 2. The van der Waals surface area contributed by atoms with Crippen molar-refractivity contribution in [3.05, 3.63) is 46.5 Å². The number of nitrogens with one attached hydrogen (secondary N) is 1. The molecule has 0 unspecified atom stereocenters. The zero-order valence-corrected chi connectivity index (χ0v) is 15.9. The second kappa shape index (κ2) is 9.72. The van der Waals surface area contributed by atoms with Crippen LogP contribution in [0.3, 0.4) is 0 Å². The minimum atomic E-state index is -0.427. The first-order valence-corrected chi connectivity index (χ1v) is 9.21. The molecule has 2 aromatic rings. The number of ether oxygens (including phenoxy) is 2. The first-order valence-electron chi connectivity index (χ1n) is 8.40. The van der Waals surface area contributed by atoms with Crippen molar-refractivity contribution in [3.63, 3.8) is 0 Å². The number of thiazole rings is 1.